The van der Waals surface area contributed by atoms with E-state index in [4.69, 9.17) is 0 Å². The van der Waals surface area contributed by atoms with Gasteiger partial charge in [0.05, 0.1) is 0 Å². The van der Waals surface area contributed by atoms with Crippen LogP contribution in [0.2, 0.25) is 0 Å². The van der Waals surface area contributed by atoms with Gasteiger partial charge in [0, 0.05) is 0 Å². The fraction of sp³-hybridized carbons (Fsp3) is 0.625. The molecule has 0 heteroatoms. The van der Waals surface area contributed by atoms with E-state index in [1.165, 1.54) is 43.2 Å². The van der Waals surface area contributed by atoms with Crippen molar-refractivity contribution in [3.63, 3.8) is 0 Å². The summed E-state index contributed by atoms with van der Waals surface area (Å²) in [5, 5.41) is 0. The molecular formula is C32H48. The van der Waals surface area contributed by atoms with Crippen LogP contribution in [0.15, 0.2) is 48.5 Å². The van der Waals surface area contributed by atoms with E-state index in [0.29, 0.717) is 16.2 Å². The lowest BCUT2D eigenvalue weighted by atomic mass is 9.69. The van der Waals surface area contributed by atoms with Gasteiger partial charge in [-0.15, -0.1) is 0 Å². The Morgan fingerprint density at radius 1 is 0.750 bits per heavy atom. The third-order valence-corrected chi connectivity index (χ3v) is 9.47. The Labute approximate surface area is 199 Å². The van der Waals surface area contributed by atoms with E-state index in [-0.39, 0.29) is 0 Å². The Bertz CT molecular complexity index is 850. The number of benzene rings is 2. The fourth-order valence-electron chi connectivity index (χ4n) is 5.79. The SMILES string of the molecule is CCC(C)(C)c1ccc(C(C)(C)CC)cc1.CCC1CC12CC(C)C(C)c1ccccc12. The Hall–Kier alpha value is -1.56. The van der Waals surface area contributed by atoms with Crippen LogP contribution in [0.5, 0.6) is 0 Å². The van der Waals surface area contributed by atoms with Crippen LogP contribution in [0.4, 0.5) is 0 Å². The van der Waals surface area contributed by atoms with Crippen LogP contribution in [-0.4, -0.2) is 0 Å². The molecule has 0 radical (unpaired) electrons. The molecule has 0 heterocycles. The predicted molar refractivity (Wildman–Crippen MR) is 142 cm³/mol. The maximum Gasteiger partial charge on any atom is -0.00100 e. The van der Waals surface area contributed by atoms with Gasteiger partial charge in [-0.25, -0.2) is 0 Å². The van der Waals surface area contributed by atoms with E-state index in [2.05, 4.69) is 111 Å². The number of rotatable bonds is 5. The second kappa shape index (κ2) is 9.36. The summed E-state index contributed by atoms with van der Waals surface area (Å²) in [6.07, 6.45) is 6.59. The molecule has 4 atom stereocenters. The smallest absolute Gasteiger partial charge is 0.00100 e. The summed E-state index contributed by atoms with van der Waals surface area (Å²) >= 11 is 0. The molecule has 4 unspecified atom stereocenters. The lowest BCUT2D eigenvalue weighted by molar-refractivity contribution is 0.346. The van der Waals surface area contributed by atoms with Gasteiger partial charge in [-0.1, -0.05) is 117 Å². The van der Waals surface area contributed by atoms with Gasteiger partial charge in [0.1, 0.15) is 0 Å². The minimum atomic E-state index is 0.300. The third-order valence-electron chi connectivity index (χ3n) is 9.47. The first-order valence-electron chi connectivity index (χ1n) is 13.2. The van der Waals surface area contributed by atoms with Gasteiger partial charge in [0.25, 0.3) is 0 Å². The summed E-state index contributed by atoms with van der Waals surface area (Å²) in [4.78, 5) is 0. The summed E-state index contributed by atoms with van der Waals surface area (Å²) in [6.45, 7) is 20.9. The quantitative estimate of drug-likeness (QED) is 0.441. The minimum Gasteiger partial charge on any atom is -0.0651 e. The zero-order valence-electron chi connectivity index (χ0n) is 22.4. The number of hydrogen-bond donors (Lipinski definition) is 0. The molecule has 176 valence electrons. The average Bonchev–Trinajstić information content (AvgIpc) is 3.51. The molecule has 2 aromatic rings. The summed E-state index contributed by atoms with van der Waals surface area (Å²) in [6, 6.07) is 18.4. The first kappa shape index (κ1) is 25.1. The minimum absolute atomic E-state index is 0.300. The largest absolute Gasteiger partial charge is 0.0651 e. The Kier molecular flexibility index (Phi) is 7.33. The van der Waals surface area contributed by atoms with Crippen molar-refractivity contribution in [3.8, 4) is 0 Å². The van der Waals surface area contributed by atoms with Crippen molar-refractivity contribution in [2.75, 3.05) is 0 Å². The second-order valence-electron chi connectivity index (χ2n) is 12.1. The van der Waals surface area contributed by atoms with Gasteiger partial charge >= 0.3 is 0 Å². The van der Waals surface area contributed by atoms with Crippen molar-refractivity contribution >= 4 is 0 Å². The van der Waals surface area contributed by atoms with E-state index in [0.717, 1.165) is 17.8 Å². The van der Waals surface area contributed by atoms with E-state index < -0.39 is 0 Å². The average molecular weight is 433 g/mol. The summed E-state index contributed by atoms with van der Waals surface area (Å²) in [5.74, 6) is 2.56. The van der Waals surface area contributed by atoms with Crippen LogP contribution in [-0.2, 0) is 16.2 Å². The highest BCUT2D eigenvalue weighted by Gasteiger charge is 2.57. The maximum atomic E-state index is 2.44. The molecule has 32 heavy (non-hydrogen) atoms. The summed E-state index contributed by atoms with van der Waals surface area (Å²) in [5.41, 5.74) is 7.40. The molecule has 0 aliphatic heterocycles. The Morgan fingerprint density at radius 3 is 1.69 bits per heavy atom. The van der Waals surface area contributed by atoms with Crippen molar-refractivity contribution < 1.29 is 0 Å². The zero-order chi connectivity index (χ0) is 23.7. The Balaban J connectivity index is 0.000000181. The van der Waals surface area contributed by atoms with Crippen molar-refractivity contribution in [2.24, 2.45) is 11.8 Å². The van der Waals surface area contributed by atoms with E-state index in [9.17, 15) is 0 Å². The van der Waals surface area contributed by atoms with Gasteiger partial charge in [0.15, 0.2) is 0 Å². The number of hydrogen-bond acceptors (Lipinski definition) is 0. The third kappa shape index (κ3) is 4.71. The molecule has 0 nitrogen and oxygen atoms in total. The van der Waals surface area contributed by atoms with Crippen molar-refractivity contribution in [2.45, 2.75) is 117 Å². The van der Waals surface area contributed by atoms with Crippen LogP contribution >= 0.6 is 0 Å². The lowest BCUT2D eigenvalue weighted by Gasteiger charge is -2.36. The highest BCUT2D eigenvalue weighted by molar-refractivity contribution is 5.44. The van der Waals surface area contributed by atoms with Crippen LogP contribution in [0.1, 0.15) is 123 Å². The van der Waals surface area contributed by atoms with E-state index in [1.807, 2.05) is 0 Å². The highest BCUT2D eigenvalue weighted by atomic mass is 14.6. The van der Waals surface area contributed by atoms with Crippen LogP contribution < -0.4 is 0 Å². The van der Waals surface area contributed by atoms with Crippen molar-refractivity contribution in [1.29, 1.82) is 0 Å². The number of fused-ring (bicyclic) bond motifs is 2. The summed E-state index contributed by atoms with van der Waals surface area (Å²) in [7, 11) is 0. The molecule has 0 aromatic heterocycles. The Morgan fingerprint density at radius 2 is 1.25 bits per heavy atom. The van der Waals surface area contributed by atoms with Gasteiger partial charge in [-0.05, 0) is 81.9 Å². The van der Waals surface area contributed by atoms with Crippen LogP contribution in [0.3, 0.4) is 0 Å². The lowest BCUT2D eigenvalue weighted by Crippen LogP contribution is -2.26. The zero-order valence-corrected chi connectivity index (χ0v) is 22.4. The molecule has 0 bridgehead atoms. The van der Waals surface area contributed by atoms with Gasteiger partial charge in [-0.3, -0.25) is 0 Å². The topological polar surface area (TPSA) is 0 Å². The summed E-state index contributed by atoms with van der Waals surface area (Å²) < 4.78 is 0. The van der Waals surface area contributed by atoms with E-state index >= 15 is 0 Å². The monoisotopic (exact) mass is 432 g/mol. The molecule has 2 aliphatic rings. The predicted octanol–water partition coefficient (Wildman–Crippen LogP) is 9.56. The molecule has 1 fully saturated rings. The fourth-order valence-corrected chi connectivity index (χ4v) is 5.79. The van der Waals surface area contributed by atoms with Gasteiger partial charge < -0.3 is 0 Å². The molecular weight excluding hydrogens is 384 g/mol. The molecule has 2 aliphatic carbocycles. The maximum absolute atomic E-state index is 2.44. The van der Waals surface area contributed by atoms with Gasteiger partial charge in [0.2, 0.25) is 0 Å². The molecule has 0 saturated heterocycles. The molecule has 0 N–H and O–H groups in total. The van der Waals surface area contributed by atoms with Crippen LogP contribution in [0, 0.1) is 11.8 Å². The second-order valence-corrected chi connectivity index (χ2v) is 12.1. The molecule has 1 saturated carbocycles. The van der Waals surface area contributed by atoms with Gasteiger partial charge in [-0.2, -0.15) is 0 Å². The molecule has 1 spiro atoms. The van der Waals surface area contributed by atoms with E-state index in [1.54, 1.807) is 11.1 Å². The normalized spacial score (nSPS) is 26.8. The first-order valence-corrected chi connectivity index (χ1v) is 13.2. The standard InChI is InChI=1S/C16H22.C16H26/c1-4-13-10-16(13)9-11(2)12(3)14-7-5-6-8-15(14)16;1-7-15(3,4)13-9-11-14(12-10-13)16(5,6)8-2/h5-8,11-13H,4,9-10H2,1-3H3;9-12H,7-8H2,1-6H3. The molecule has 0 amide bonds. The van der Waals surface area contributed by atoms with Crippen LogP contribution in [0.25, 0.3) is 0 Å². The molecule has 4 rings (SSSR count). The first-order chi connectivity index (χ1) is 15.0. The van der Waals surface area contributed by atoms with Crippen molar-refractivity contribution in [1.82, 2.24) is 0 Å². The van der Waals surface area contributed by atoms with Crippen molar-refractivity contribution in [3.05, 3.63) is 70.8 Å². The molecule has 2 aromatic carbocycles. The highest BCUT2D eigenvalue weighted by Crippen LogP contribution is 2.64.